The minimum atomic E-state index is 0.721. The van der Waals surface area contributed by atoms with E-state index in [-0.39, 0.29) is 0 Å². The van der Waals surface area contributed by atoms with Gasteiger partial charge in [-0.05, 0) is 13.0 Å². The van der Waals surface area contributed by atoms with Crippen LogP contribution in [-0.4, -0.2) is 71.4 Å². The van der Waals surface area contributed by atoms with Gasteiger partial charge in [-0.2, -0.15) is 5.10 Å². The van der Waals surface area contributed by atoms with Crippen LogP contribution >= 0.6 is 11.6 Å². The second-order valence-corrected chi connectivity index (χ2v) is 5.88. The maximum Gasteiger partial charge on any atom is 0.0785 e. The summed E-state index contributed by atoms with van der Waals surface area (Å²) in [6, 6.07) is 0.770. The molecule has 1 N–H and O–H groups in total. The first-order chi connectivity index (χ1) is 9.31. The minimum Gasteiger partial charge on any atom is -0.315 e. The van der Waals surface area contributed by atoms with Crippen LogP contribution in [0, 0.1) is 0 Å². The van der Waals surface area contributed by atoms with Crippen LogP contribution in [0.3, 0.4) is 0 Å². The monoisotopic (exact) mass is 283 g/mol. The quantitative estimate of drug-likeness (QED) is 0.874. The summed E-state index contributed by atoms with van der Waals surface area (Å²) in [5, 5.41) is 8.39. The lowest BCUT2D eigenvalue weighted by molar-refractivity contribution is 0.0994. The Morgan fingerprint density at radius 2 is 2.11 bits per heavy atom. The fourth-order valence-corrected chi connectivity index (χ4v) is 3.16. The Hall–Kier alpha value is -0.620. The summed E-state index contributed by atoms with van der Waals surface area (Å²) in [5.41, 5.74) is 0. The van der Waals surface area contributed by atoms with Gasteiger partial charge in [0.25, 0.3) is 0 Å². The molecule has 2 aliphatic heterocycles. The largest absolute Gasteiger partial charge is 0.315 e. The number of nitrogens with zero attached hydrogens (tertiary/aromatic N) is 4. The van der Waals surface area contributed by atoms with Gasteiger partial charge >= 0.3 is 0 Å². The Kier molecular flexibility index (Phi) is 4.38. The van der Waals surface area contributed by atoms with E-state index in [1.165, 1.54) is 45.7 Å². The van der Waals surface area contributed by atoms with E-state index in [1.807, 2.05) is 10.9 Å². The third kappa shape index (κ3) is 3.48. The van der Waals surface area contributed by atoms with Crippen molar-refractivity contribution in [3.63, 3.8) is 0 Å². The van der Waals surface area contributed by atoms with Crippen molar-refractivity contribution in [2.24, 2.45) is 0 Å². The zero-order valence-corrected chi connectivity index (χ0v) is 12.0. The fourth-order valence-electron chi connectivity index (χ4n) is 3.01. The third-order valence-electron chi connectivity index (χ3n) is 4.20. The van der Waals surface area contributed by atoms with Gasteiger partial charge in [0.1, 0.15) is 0 Å². The van der Waals surface area contributed by atoms with Crippen LogP contribution in [0.25, 0.3) is 0 Å². The Balaban J connectivity index is 1.40. The SMILES string of the molecule is Clc1cnn(CCN2CCN([C@@H]3CCNC3)CC2)c1. The summed E-state index contributed by atoms with van der Waals surface area (Å²) in [4.78, 5) is 5.16. The van der Waals surface area contributed by atoms with Crippen LogP contribution in [0.2, 0.25) is 5.02 Å². The Morgan fingerprint density at radius 3 is 2.74 bits per heavy atom. The van der Waals surface area contributed by atoms with Crippen molar-refractivity contribution in [3.8, 4) is 0 Å². The summed E-state index contributed by atoms with van der Waals surface area (Å²) in [6.45, 7) is 9.10. The van der Waals surface area contributed by atoms with Gasteiger partial charge in [-0.3, -0.25) is 14.5 Å². The lowest BCUT2D eigenvalue weighted by Crippen LogP contribution is -2.51. The molecule has 3 rings (SSSR count). The first-order valence-electron chi connectivity index (χ1n) is 7.16. The highest BCUT2D eigenvalue weighted by Gasteiger charge is 2.25. The fraction of sp³-hybridized carbons (Fsp3) is 0.769. The van der Waals surface area contributed by atoms with Gasteiger partial charge in [0.05, 0.1) is 17.8 Å². The topological polar surface area (TPSA) is 36.3 Å². The number of halogens is 1. The number of aromatic nitrogens is 2. The van der Waals surface area contributed by atoms with E-state index in [1.54, 1.807) is 6.20 Å². The number of rotatable bonds is 4. The summed E-state index contributed by atoms with van der Waals surface area (Å²) < 4.78 is 1.93. The van der Waals surface area contributed by atoms with Crippen LogP contribution in [0.15, 0.2) is 12.4 Å². The maximum absolute atomic E-state index is 5.86. The van der Waals surface area contributed by atoms with Crippen molar-refractivity contribution in [1.82, 2.24) is 24.9 Å². The molecule has 0 spiro atoms. The van der Waals surface area contributed by atoms with Gasteiger partial charge in [-0.25, -0.2) is 0 Å². The van der Waals surface area contributed by atoms with E-state index in [0.717, 1.165) is 24.2 Å². The van der Waals surface area contributed by atoms with Gasteiger partial charge in [-0.1, -0.05) is 11.6 Å². The molecule has 5 nitrogen and oxygen atoms in total. The van der Waals surface area contributed by atoms with Crippen molar-refractivity contribution < 1.29 is 0 Å². The molecule has 0 unspecified atom stereocenters. The van der Waals surface area contributed by atoms with Crippen molar-refractivity contribution in [2.75, 3.05) is 45.8 Å². The zero-order chi connectivity index (χ0) is 13.1. The Bertz CT molecular complexity index is 393. The Labute approximate surface area is 119 Å². The molecule has 2 fully saturated rings. The first-order valence-corrected chi connectivity index (χ1v) is 7.54. The van der Waals surface area contributed by atoms with Gasteiger partial charge in [0.15, 0.2) is 0 Å². The van der Waals surface area contributed by atoms with Crippen molar-refractivity contribution in [1.29, 1.82) is 0 Å². The second-order valence-electron chi connectivity index (χ2n) is 5.45. The van der Waals surface area contributed by atoms with Gasteiger partial charge in [0.2, 0.25) is 0 Å². The van der Waals surface area contributed by atoms with E-state index in [0.29, 0.717) is 0 Å². The Morgan fingerprint density at radius 1 is 1.26 bits per heavy atom. The standard InChI is InChI=1S/C13H22ClN5/c14-12-9-16-19(11-12)8-5-17-3-6-18(7-4-17)13-1-2-15-10-13/h9,11,13,15H,1-8,10H2/t13-/m1/s1. The highest BCUT2D eigenvalue weighted by Crippen LogP contribution is 2.12. The van der Waals surface area contributed by atoms with E-state index < -0.39 is 0 Å². The molecule has 0 bridgehead atoms. The average molecular weight is 284 g/mol. The molecule has 0 radical (unpaired) electrons. The molecule has 3 heterocycles. The molecule has 1 aromatic rings. The molecule has 106 valence electrons. The predicted octanol–water partition coefficient (Wildman–Crippen LogP) is 0.516. The van der Waals surface area contributed by atoms with Crippen LogP contribution < -0.4 is 5.32 Å². The number of hydrogen-bond donors (Lipinski definition) is 1. The van der Waals surface area contributed by atoms with E-state index >= 15 is 0 Å². The normalized spacial score (nSPS) is 26.1. The molecule has 2 saturated heterocycles. The molecule has 0 aromatic carbocycles. The van der Waals surface area contributed by atoms with Crippen molar-refractivity contribution >= 4 is 11.6 Å². The molecule has 0 amide bonds. The lowest BCUT2D eigenvalue weighted by Gasteiger charge is -2.37. The number of hydrogen-bond acceptors (Lipinski definition) is 4. The highest BCUT2D eigenvalue weighted by molar-refractivity contribution is 6.30. The van der Waals surface area contributed by atoms with Crippen LogP contribution in [0.4, 0.5) is 0 Å². The molecule has 6 heteroatoms. The predicted molar refractivity (Wildman–Crippen MR) is 76.5 cm³/mol. The second kappa shape index (κ2) is 6.22. The average Bonchev–Trinajstić information content (AvgIpc) is 3.08. The molecule has 0 saturated carbocycles. The van der Waals surface area contributed by atoms with Crippen molar-refractivity contribution in [2.45, 2.75) is 19.0 Å². The van der Waals surface area contributed by atoms with Gasteiger partial charge in [0, 0.05) is 51.5 Å². The highest BCUT2D eigenvalue weighted by atomic mass is 35.5. The van der Waals surface area contributed by atoms with E-state index in [9.17, 15) is 0 Å². The summed E-state index contributed by atoms with van der Waals surface area (Å²) >= 11 is 5.86. The lowest BCUT2D eigenvalue weighted by atomic mass is 10.2. The number of nitrogens with one attached hydrogen (secondary N) is 1. The number of piperazine rings is 1. The molecule has 1 atom stereocenters. The third-order valence-corrected chi connectivity index (χ3v) is 4.40. The molecular weight excluding hydrogens is 262 g/mol. The molecular formula is C13H22ClN5. The maximum atomic E-state index is 5.86. The smallest absolute Gasteiger partial charge is 0.0785 e. The summed E-state index contributed by atoms with van der Waals surface area (Å²) in [6.07, 6.45) is 4.90. The minimum absolute atomic E-state index is 0.721. The first kappa shape index (κ1) is 13.4. The van der Waals surface area contributed by atoms with Gasteiger partial charge < -0.3 is 5.32 Å². The molecule has 1 aromatic heterocycles. The van der Waals surface area contributed by atoms with E-state index in [2.05, 4.69) is 20.2 Å². The van der Waals surface area contributed by atoms with Crippen LogP contribution in [-0.2, 0) is 6.54 Å². The molecule has 19 heavy (non-hydrogen) atoms. The molecule has 0 aliphatic carbocycles. The zero-order valence-electron chi connectivity index (χ0n) is 11.3. The van der Waals surface area contributed by atoms with E-state index in [4.69, 9.17) is 11.6 Å². The van der Waals surface area contributed by atoms with Gasteiger partial charge in [-0.15, -0.1) is 0 Å². The van der Waals surface area contributed by atoms with Crippen LogP contribution in [0.1, 0.15) is 6.42 Å². The van der Waals surface area contributed by atoms with Crippen molar-refractivity contribution in [3.05, 3.63) is 17.4 Å². The van der Waals surface area contributed by atoms with Crippen LogP contribution in [0.5, 0.6) is 0 Å². The molecule has 2 aliphatic rings. The summed E-state index contributed by atoms with van der Waals surface area (Å²) in [7, 11) is 0. The summed E-state index contributed by atoms with van der Waals surface area (Å²) in [5.74, 6) is 0.